The van der Waals surface area contributed by atoms with E-state index in [9.17, 15) is 13.2 Å². The molecule has 0 unspecified atom stereocenters. The van der Waals surface area contributed by atoms with Gasteiger partial charge in [0.2, 0.25) is 9.84 Å². The fourth-order valence-electron chi connectivity index (χ4n) is 3.81. The van der Waals surface area contributed by atoms with Crippen LogP contribution in [0.4, 0.5) is 0 Å². The van der Waals surface area contributed by atoms with Crippen LogP contribution in [0.15, 0.2) is 113 Å². The maximum atomic E-state index is 13.4. The number of nitrogens with one attached hydrogen (secondary N) is 2. The zero-order valence-electron chi connectivity index (χ0n) is 19.2. The Bertz CT molecular complexity index is 1580. The molecule has 0 saturated carbocycles. The molecule has 0 spiro atoms. The molecule has 180 valence electrons. The molecule has 0 aliphatic heterocycles. The van der Waals surface area contributed by atoms with Crippen LogP contribution in [0, 0.1) is 0 Å². The van der Waals surface area contributed by atoms with E-state index in [0.717, 1.165) is 22.0 Å². The molecule has 1 amide bonds. The molecule has 3 aromatic carbocycles. The van der Waals surface area contributed by atoms with Crippen LogP contribution in [0.3, 0.4) is 0 Å². The van der Waals surface area contributed by atoms with Crippen LogP contribution in [0.1, 0.15) is 21.6 Å². The first-order valence-electron chi connectivity index (χ1n) is 11.3. The predicted octanol–water partition coefficient (Wildman–Crippen LogP) is 4.90. The molecule has 0 aliphatic carbocycles. The van der Waals surface area contributed by atoms with Crippen LogP contribution in [0.25, 0.3) is 10.9 Å². The topological polar surface area (TPSA) is 101 Å². The van der Waals surface area contributed by atoms with Crippen molar-refractivity contribution in [3.05, 3.63) is 120 Å². The lowest BCUT2D eigenvalue weighted by Gasteiger charge is -2.13. The average Bonchev–Trinajstić information content (AvgIpc) is 3.36. The highest BCUT2D eigenvalue weighted by Gasteiger charge is 2.22. The second kappa shape index (κ2) is 10.1. The summed E-state index contributed by atoms with van der Waals surface area (Å²) < 4.78 is 32.6. The summed E-state index contributed by atoms with van der Waals surface area (Å²) >= 11 is 0. The second-order valence-electron chi connectivity index (χ2n) is 8.20. The van der Waals surface area contributed by atoms with Crippen molar-refractivity contribution < 1.29 is 17.9 Å². The lowest BCUT2D eigenvalue weighted by atomic mass is 10.2. The summed E-state index contributed by atoms with van der Waals surface area (Å²) in [6, 6.07) is 26.2. The van der Waals surface area contributed by atoms with Crippen LogP contribution in [0.2, 0.25) is 0 Å². The maximum Gasteiger partial charge on any atom is 0.267 e. The van der Waals surface area contributed by atoms with Gasteiger partial charge < -0.3 is 15.0 Å². The van der Waals surface area contributed by atoms with Crippen molar-refractivity contribution in [2.75, 3.05) is 0 Å². The molecule has 0 bridgehead atoms. The summed E-state index contributed by atoms with van der Waals surface area (Å²) in [4.78, 5) is 19.9. The van der Waals surface area contributed by atoms with Crippen LogP contribution in [0.5, 0.6) is 5.75 Å². The molecule has 5 rings (SSSR count). The fraction of sp³-hybridized carbons (Fsp3) is 0.0714. The number of hydrogen-bond acceptors (Lipinski definition) is 5. The monoisotopic (exact) mass is 497 g/mol. The number of para-hydroxylation sites is 1. The number of amides is 1. The molecule has 0 fully saturated rings. The minimum absolute atomic E-state index is 0.107. The van der Waals surface area contributed by atoms with Gasteiger partial charge in [-0.05, 0) is 47.5 Å². The van der Waals surface area contributed by atoms with Crippen molar-refractivity contribution in [3.63, 3.8) is 0 Å². The van der Waals surface area contributed by atoms with E-state index in [-0.39, 0.29) is 28.8 Å². The number of rotatable bonds is 8. The zero-order valence-corrected chi connectivity index (χ0v) is 20.0. The number of carbonyl (C=O) groups is 1. The van der Waals surface area contributed by atoms with Crippen molar-refractivity contribution in [3.8, 4) is 5.75 Å². The number of pyridine rings is 1. The molecule has 2 aromatic heterocycles. The van der Waals surface area contributed by atoms with Crippen molar-refractivity contribution >= 4 is 26.6 Å². The van der Waals surface area contributed by atoms with Crippen molar-refractivity contribution in [2.24, 2.45) is 0 Å². The van der Waals surface area contributed by atoms with Crippen molar-refractivity contribution in [1.82, 2.24) is 15.3 Å². The number of aromatic nitrogens is 2. The van der Waals surface area contributed by atoms with E-state index >= 15 is 0 Å². The van der Waals surface area contributed by atoms with Crippen LogP contribution >= 0.6 is 0 Å². The van der Waals surface area contributed by atoms with Gasteiger partial charge in [-0.1, -0.05) is 54.6 Å². The first-order chi connectivity index (χ1) is 17.5. The van der Waals surface area contributed by atoms with E-state index in [1.807, 2.05) is 30.3 Å². The first-order valence-corrected chi connectivity index (χ1v) is 12.8. The number of hydrogen-bond donors (Lipinski definition) is 2. The van der Waals surface area contributed by atoms with Gasteiger partial charge in [-0.25, -0.2) is 8.42 Å². The Balaban J connectivity index is 1.27. The van der Waals surface area contributed by atoms with Gasteiger partial charge in [-0.2, -0.15) is 0 Å². The molecule has 7 nitrogen and oxygen atoms in total. The SMILES string of the molecule is O=C(NCc1ccc(S(=O)(=O)c2ccccc2OCc2ccccc2)cc1)c1cc2cnccc2[nH]1. The number of fused-ring (bicyclic) bond motifs is 1. The summed E-state index contributed by atoms with van der Waals surface area (Å²) in [5, 5.41) is 3.70. The maximum absolute atomic E-state index is 13.4. The van der Waals surface area contributed by atoms with E-state index in [1.54, 1.807) is 73.1 Å². The standard InChI is InChI=1S/C28H23N3O4S/c32-28(25-16-22-18-29-15-14-24(22)31-25)30-17-20-10-12-23(13-11-20)36(33,34)27-9-5-4-8-26(27)35-19-21-6-2-1-3-7-21/h1-16,18,31H,17,19H2,(H,30,32). The van der Waals surface area contributed by atoms with Gasteiger partial charge in [0, 0.05) is 29.8 Å². The summed E-state index contributed by atoms with van der Waals surface area (Å²) in [5.41, 5.74) is 2.98. The van der Waals surface area contributed by atoms with Gasteiger partial charge in [0.25, 0.3) is 5.91 Å². The lowest BCUT2D eigenvalue weighted by molar-refractivity contribution is 0.0946. The van der Waals surface area contributed by atoms with Crippen molar-refractivity contribution in [2.45, 2.75) is 22.9 Å². The highest BCUT2D eigenvalue weighted by Crippen LogP contribution is 2.30. The minimum atomic E-state index is -3.80. The predicted molar refractivity (Wildman–Crippen MR) is 136 cm³/mol. The van der Waals surface area contributed by atoms with Crippen molar-refractivity contribution in [1.29, 1.82) is 0 Å². The number of sulfone groups is 1. The van der Waals surface area contributed by atoms with Gasteiger partial charge in [0.15, 0.2) is 0 Å². The minimum Gasteiger partial charge on any atom is -0.488 e. The second-order valence-corrected chi connectivity index (χ2v) is 10.1. The first kappa shape index (κ1) is 23.3. The molecule has 0 atom stereocenters. The normalized spacial score (nSPS) is 11.3. The number of nitrogens with zero attached hydrogens (tertiary/aromatic N) is 1. The fourth-order valence-corrected chi connectivity index (χ4v) is 5.21. The van der Waals surface area contributed by atoms with E-state index in [4.69, 9.17) is 4.74 Å². The van der Waals surface area contributed by atoms with Gasteiger partial charge in [-0.15, -0.1) is 0 Å². The molecule has 2 N–H and O–H groups in total. The third-order valence-corrected chi connectivity index (χ3v) is 7.54. The van der Waals surface area contributed by atoms with Gasteiger partial charge in [0.05, 0.1) is 4.90 Å². The van der Waals surface area contributed by atoms with E-state index in [2.05, 4.69) is 15.3 Å². The number of H-pyrrole nitrogens is 1. The number of ether oxygens (including phenoxy) is 1. The molecule has 8 heteroatoms. The molecule has 5 aromatic rings. The molecule has 0 saturated heterocycles. The number of benzene rings is 3. The Morgan fingerprint density at radius 1 is 0.889 bits per heavy atom. The summed E-state index contributed by atoms with van der Waals surface area (Å²) in [7, 11) is -3.80. The van der Waals surface area contributed by atoms with E-state index in [1.165, 1.54) is 0 Å². The number of carbonyl (C=O) groups excluding carboxylic acids is 1. The van der Waals surface area contributed by atoms with Gasteiger partial charge in [-0.3, -0.25) is 9.78 Å². The highest BCUT2D eigenvalue weighted by atomic mass is 32.2. The largest absolute Gasteiger partial charge is 0.488 e. The zero-order chi connectivity index (χ0) is 25.0. The molecule has 0 radical (unpaired) electrons. The van der Waals surface area contributed by atoms with Crippen LogP contribution < -0.4 is 10.1 Å². The quantitative estimate of drug-likeness (QED) is 0.317. The molecule has 36 heavy (non-hydrogen) atoms. The molecular weight excluding hydrogens is 474 g/mol. The van der Waals surface area contributed by atoms with Gasteiger partial charge >= 0.3 is 0 Å². The highest BCUT2D eigenvalue weighted by molar-refractivity contribution is 7.91. The summed E-state index contributed by atoms with van der Waals surface area (Å²) in [5.74, 6) is 0.0404. The Hall–Kier alpha value is -4.43. The Kier molecular flexibility index (Phi) is 6.51. The Morgan fingerprint density at radius 3 is 2.42 bits per heavy atom. The number of aromatic amines is 1. The van der Waals surface area contributed by atoms with E-state index in [0.29, 0.717) is 11.4 Å². The lowest BCUT2D eigenvalue weighted by Crippen LogP contribution is -2.23. The third-order valence-electron chi connectivity index (χ3n) is 5.73. The Morgan fingerprint density at radius 2 is 1.64 bits per heavy atom. The summed E-state index contributed by atoms with van der Waals surface area (Å²) in [6.45, 7) is 0.516. The average molecular weight is 498 g/mol. The smallest absolute Gasteiger partial charge is 0.267 e. The van der Waals surface area contributed by atoms with Crippen LogP contribution in [-0.2, 0) is 23.0 Å². The molecule has 0 aliphatic rings. The third kappa shape index (κ3) is 4.99. The molecular formula is C28H23N3O4S. The molecule has 2 heterocycles. The van der Waals surface area contributed by atoms with Crippen LogP contribution in [-0.4, -0.2) is 24.3 Å². The summed E-state index contributed by atoms with van der Waals surface area (Å²) in [6.07, 6.45) is 3.34. The Labute approximate surface area is 208 Å². The van der Waals surface area contributed by atoms with E-state index < -0.39 is 9.84 Å². The van der Waals surface area contributed by atoms with Gasteiger partial charge in [0.1, 0.15) is 22.9 Å².